The lowest BCUT2D eigenvalue weighted by molar-refractivity contribution is -0.384. The number of alkyl halides is 2. The topological polar surface area (TPSA) is 99.9 Å². The number of nitrogens with zero attached hydrogens (tertiary/aromatic N) is 4. The number of benzene rings is 1. The van der Waals surface area contributed by atoms with Crippen molar-refractivity contribution in [1.82, 2.24) is 14.9 Å². The molecule has 0 amide bonds. The van der Waals surface area contributed by atoms with Crippen LogP contribution in [0.3, 0.4) is 0 Å². The maximum absolute atomic E-state index is 12.4. The van der Waals surface area contributed by atoms with E-state index < -0.39 is 17.2 Å². The SMILES string of the molecule is Nn1c(Sc2ccc([N+](=O)[O-])cc2)nnc1C(F)F. The summed E-state index contributed by atoms with van der Waals surface area (Å²) in [5.41, 5.74) is -0.0631. The van der Waals surface area contributed by atoms with E-state index in [2.05, 4.69) is 10.2 Å². The minimum Gasteiger partial charge on any atom is -0.335 e. The molecular weight excluding hydrogens is 280 g/mol. The number of halogens is 2. The van der Waals surface area contributed by atoms with Gasteiger partial charge in [0.2, 0.25) is 11.0 Å². The van der Waals surface area contributed by atoms with Crippen LogP contribution < -0.4 is 5.84 Å². The van der Waals surface area contributed by atoms with E-state index in [0.717, 1.165) is 11.8 Å². The first kappa shape index (κ1) is 13.2. The third-order valence-corrected chi connectivity index (χ3v) is 3.11. The number of rotatable bonds is 4. The van der Waals surface area contributed by atoms with Gasteiger partial charge in [0.25, 0.3) is 12.1 Å². The molecule has 1 aromatic carbocycles. The van der Waals surface area contributed by atoms with Crippen LogP contribution in [0.15, 0.2) is 34.3 Å². The molecule has 0 aliphatic rings. The first-order valence-electron chi connectivity index (χ1n) is 4.90. The standard InChI is InChI=1S/C9H7F2N5O2S/c10-7(11)8-13-14-9(15(8)12)19-6-3-1-5(2-4-6)16(17)18/h1-4,7H,12H2. The Morgan fingerprint density at radius 2 is 1.95 bits per heavy atom. The van der Waals surface area contributed by atoms with Gasteiger partial charge in [-0.15, -0.1) is 10.2 Å². The molecule has 0 fully saturated rings. The number of non-ortho nitro benzene ring substituents is 1. The Bertz CT molecular complexity index is 601. The summed E-state index contributed by atoms with van der Waals surface area (Å²) in [6.07, 6.45) is -2.82. The third-order valence-electron chi connectivity index (χ3n) is 2.14. The molecule has 0 spiro atoms. The lowest BCUT2D eigenvalue weighted by atomic mass is 10.3. The number of nitrogen functional groups attached to an aromatic ring is 1. The number of aromatic nitrogens is 3. The average molecular weight is 287 g/mol. The largest absolute Gasteiger partial charge is 0.335 e. The minimum atomic E-state index is -2.82. The van der Waals surface area contributed by atoms with Crippen molar-refractivity contribution >= 4 is 17.4 Å². The Morgan fingerprint density at radius 1 is 1.32 bits per heavy atom. The first-order chi connectivity index (χ1) is 8.99. The summed E-state index contributed by atoms with van der Waals surface area (Å²) < 4.78 is 25.6. The monoisotopic (exact) mass is 287 g/mol. The molecule has 0 saturated carbocycles. The summed E-state index contributed by atoms with van der Waals surface area (Å²) in [6.45, 7) is 0. The molecule has 2 rings (SSSR count). The second kappa shape index (κ2) is 5.18. The number of hydrogen-bond acceptors (Lipinski definition) is 6. The maximum atomic E-state index is 12.4. The zero-order valence-corrected chi connectivity index (χ0v) is 10.1. The quantitative estimate of drug-likeness (QED) is 0.524. The molecule has 7 nitrogen and oxygen atoms in total. The van der Waals surface area contributed by atoms with Crippen molar-refractivity contribution in [3.63, 3.8) is 0 Å². The molecule has 2 N–H and O–H groups in total. The molecule has 100 valence electrons. The Kier molecular flexibility index (Phi) is 3.60. The van der Waals surface area contributed by atoms with Crippen LogP contribution in [0.25, 0.3) is 0 Å². The van der Waals surface area contributed by atoms with E-state index in [4.69, 9.17) is 5.84 Å². The van der Waals surface area contributed by atoms with E-state index in [1.807, 2.05) is 0 Å². The van der Waals surface area contributed by atoms with Crippen molar-refractivity contribution in [1.29, 1.82) is 0 Å². The van der Waals surface area contributed by atoms with Gasteiger partial charge in [0, 0.05) is 17.0 Å². The van der Waals surface area contributed by atoms with Crippen molar-refractivity contribution in [2.24, 2.45) is 0 Å². The second-order valence-electron chi connectivity index (χ2n) is 3.36. The van der Waals surface area contributed by atoms with E-state index in [-0.39, 0.29) is 10.8 Å². The van der Waals surface area contributed by atoms with Crippen LogP contribution in [0.1, 0.15) is 12.2 Å². The van der Waals surface area contributed by atoms with Crippen molar-refractivity contribution in [2.75, 3.05) is 5.84 Å². The van der Waals surface area contributed by atoms with Gasteiger partial charge in [-0.25, -0.2) is 13.5 Å². The molecule has 19 heavy (non-hydrogen) atoms. The molecule has 2 aromatic rings. The summed E-state index contributed by atoms with van der Waals surface area (Å²) >= 11 is 0.981. The van der Waals surface area contributed by atoms with E-state index in [1.165, 1.54) is 24.3 Å². The van der Waals surface area contributed by atoms with Crippen LogP contribution in [0.2, 0.25) is 0 Å². The molecule has 10 heteroatoms. The van der Waals surface area contributed by atoms with E-state index >= 15 is 0 Å². The zero-order valence-electron chi connectivity index (χ0n) is 9.23. The summed E-state index contributed by atoms with van der Waals surface area (Å²) in [7, 11) is 0. The molecule has 0 unspecified atom stereocenters. The number of nitro groups is 1. The smallest absolute Gasteiger partial charge is 0.299 e. The first-order valence-corrected chi connectivity index (χ1v) is 5.71. The molecule has 0 atom stereocenters. The second-order valence-corrected chi connectivity index (χ2v) is 4.41. The predicted octanol–water partition coefficient (Wildman–Crippen LogP) is 1.99. The summed E-state index contributed by atoms with van der Waals surface area (Å²) in [4.78, 5) is 10.5. The van der Waals surface area contributed by atoms with Crippen molar-refractivity contribution in [3.8, 4) is 0 Å². The van der Waals surface area contributed by atoms with Gasteiger partial charge in [-0.1, -0.05) is 0 Å². The maximum Gasteiger partial charge on any atom is 0.299 e. The van der Waals surface area contributed by atoms with Crippen LogP contribution in [0.4, 0.5) is 14.5 Å². The highest BCUT2D eigenvalue weighted by atomic mass is 32.2. The fourth-order valence-electron chi connectivity index (χ4n) is 1.25. The Balaban J connectivity index is 2.19. The van der Waals surface area contributed by atoms with Crippen molar-refractivity contribution < 1.29 is 13.7 Å². The zero-order chi connectivity index (χ0) is 14.0. The van der Waals surface area contributed by atoms with Gasteiger partial charge in [0.1, 0.15) is 0 Å². The van der Waals surface area contributed by atoms with Crippen molar-refractivity contribution in [2.45, 2.75) is 16.5 Å². The highest BCUT2D eigenvalue weighted by Gasteiger charge is 2.19. The van der Waals surface area contributed by atoms with Gasteiger partial charge >= 0.3 is 0 Å². The van der Waals surface area contributed by atoms with Crippen LogP contribution >= 0.6 is 11.8 Å². The fraction of sp³-hybridized carbons (Fsp3) is 0.111. The van der Waals surface area contributed by atoms with Crippen LogP contribution in [0.5, 0.6) is 0 Å². The number of hydrogen-bond donors (Lipinski definition) is 1. The van der Waals surface area contributed by atoms with Crippen LogP contribution in [0, 0.1) is 10.1 Å². The van der Waals surface area contributed by atoms with Gasteiger partial charge in [-0.05, 0) is 23.9 Å². The van der Waals surface area contributed by atoms with Crippen LogP contribution in [-0.4, -0.2) is 19.8 Å². The molecule has 1 heterocycles. The highest BCUT2D eigenvalue weighted by Crippen LogP contribution is 2.28. The third kappa shape index (κ3) is 2.78. The molecule has 1 aromatic heterocycles. The Hall–Kier alpha value is -2.23. The Labute approximate surface area is 109 Å². The highest BCUT2D eigenvalue weighted by molar-refractivity contribution is 7.99. The summed E-state index contributed by atoms with van der Waals surface area (Å²) in [6, 6.07) is 5.54. The number of nitrogens with two attached hydrogens (primary N) is 1. The van der Waals surface area contributed by atoms with Gasteiger partial charge < -0.3 is 5.84 Å². The fourth-order valence-corrected chi connectivity index (χ4v) is 2.00. The minimum absolute atomic E-state index is 0.0631. The summed E-state index contributed by atoms with van der Waals surface area (Å²) in [5, 5.41) is 17.3. The van der Waals surface area contributed by atoms with E-state index in [1.54, 1.807) is 0 Å². The molecular formula is C9H7F2N5O2S. The van der Waals surface area contributed by atoms with Gasteiger partial charge in [-0.3, -0.25) is 10.1 Å². The lowest BCUT2D eigenvalue weighted by Crippen LogP contribution is -2.14. The van der Waals surface area contributed by atoms with Crippen LogP contribution in [-0.2, 0) is 0 Å². The summed E-state index contributed by atoms with van der Waals surface area (Å²) in [5.74, 6) is 4.78. The molecule has 0 bridgehead atoms. The van der Waals surface area contributed by atoms with Gasteiger partial charge in [0.05, 0.1) is 4.92 Å². The Morgan fingerprint density at radius 3 is 2.42 bits per heavy atom. The predicted molar refractivity (Wildman–Crippen MR) is 62.3 cm³/mol. The lowest BCUT2D eigenvalue weighted by Gasteiger charge is -2.02. The normalized spacial score (nSPS) is 10.9. The van der Waals surface area contributed by atoms with E-state index in [9.17, 15) is 18.9 Å². The van der Waals surface area contributed by atoms with Gasteiger partial charge in [-0.2, -0.15) is 0 Å². The number of nitro benzene ring substituents is 1. The molecule has 0 radical (unpaired) electrons. The molecule has 0 saturated heterocycles. The average Bonchev–Trinajstić information content (AvgIpc) is 2.72. The van der Waals surface area contributed by atoms with E-state index in [0.29, 0.717) is 9.57 Å². The van der Waals surface area contributed by atoms with Crippen molar-refractivity contribution in [3.05, 3.63) is 40.2 Å². The van der Waals surface area contributed by atoms with Gasteiger partial charge in [0.15, 0.2) is 0 Å². The molecule has 0 aliphatic carbocycles. The molecule has 0 aliphatic heterocycles.